The van der Waals surface area contributed by atoms with Gasteiger partial charge in [0, 0.05) is 19.3 Å². The number of nitrogens with one attached hydrogen (secondary N) is 1. The van der Waals surface area contributed by atoms with Gasteiger partial charge < -0.3 is 14.8 Å². The number of aromatic nitrogens is 2. The lowest BCUT2D eigenvalue weighted by Crippen LogP contribution is -2.44. The second kappa shape index (κ2) is 7.93. The van der Waals surface area contributed by atoms with Crippen molar-refractivity contribution in [3.05, 3.63) is 42.6 Å². The normalized spacial score (nSPS) is 20.4. The van der Waals surface area contributed by atoms with Crippen LogP contribution in [0.25, 0.3) is 10.3 Å². The zero-order valence-corrected chi connectivity index (χ0v) is 16.5. The Labute approximate surface area is 168 Å². The molecule has 1 fully saturated rings. The molecule has 0 saturated carbocycles. The number of fused-ring (bicyclic) bond motifs is 2. The van der Waals surface area contributed by atoms with Gasteiger partial charge in [-0.3, -0.25) is 4.90 Å². The van der Waals surface area contributed by atoms with Crippen molar-refractivity contribution in [2.24, 2.45) is 5.92 Å². The molecule has 2 aliphatic rings. The van der Waals surface area contributed by atoms with E-state index in [2.05, 4.69) is 20.2 Å². The Hall–Kier alpha value is -2.38. The highest BCUT2D eigenvalue weighted by Gasteiger charge is 2.26. The average molecular weight is 397 g/mol. The minimum absolute atomic E-state index is 0.111. The highest BCUT2D eigenvalue weighted by molar-refractivity contribution is 7.21. The Morgan fingerprint density at radius 2 is 1.96 bits per heavy atom. The van der Waals surface area contributed by atoms with E-state index in [1.165, 1.54) is 12.8 Å². The fourth-order valence-corrected chi connectivity index (χ4v) is 4.71. The molecule has 2 aliphatic heterocycles. The average Bonchev–Trinajstić information content (AvgIpc) is 3.16. The minimum Gasteiger partial charge on any atom is -0.486 e. The van der Waals surface area contributed by atoms with E-state index in [4.69, 9.17) is 9.47 Å². The predicted octanol–water partition coefficient (Wildman–Crippen LogP) is 3.66. The van der Waals surface area contributed by atoms with Crippen molar-refractivity contribution in [1.29, 1.82) is 0 Å². The molecule has 6 nitrogen and oxygen atoms in total. The number of para-hydroxylation sites is 2. The van der Waals surface area contributed by atoms with E-state index in [9.17, 15) is 0 Å². The molecular formula is C21H24N4O2S. The molecule has 1 N–H and O–H groups in total. The van der Waals surface area contributed by atoms with E-state index in [0.29, 0.717) is 12.5 Å². The fourth-order valence-electron chi connectivity index (χ4n) is 3.89. The molecule has 28 heavy (non-hydrogen) atoms. The number of rotatable bonds is 5. The summed E-state index contributed by atoms with van der Waals surface area (Å²) < 4.78 is 11.9. The number of thiazole rings is 1. The molecule has 0 amide bonds. The summed E-state index contributed by atoms with van der Waals surface area (Å²) in [6, 6.07) is 11.9. The first-order chi connectivity index (χ1) is 13.8. The van der Waals surface area contributed by atoms with E-state index in [-0.39, 0.29) is 6.10 Å². The van der Waals surface area contributed by atoms with Crippen LogP contribution in [0.4, 0.5) is 5.13 Å². The first-order valence-corrected chi connectivity index (χ1v) is 10.7. The summed E-state index contributed by atoms with van der Waals surface area (Å²) in [4.78, 5) is 12.5. The molecule has 0 radical (unpaired) electrons. The van der Waals surface area contributed by atoms with Crippen molar-refractivity contribution in [2.45, 2.75) is 18.9 Å². The summed E-state index contributed by atoms with van der Waals surface area (Å²) >= 11 is 1.63. The maximum atomic E-state index is 6.10. The summed E-state index contributed by atoms with van der Waals surface area (Å²) in [6.07, 6.45) is 4.32. The van der Waals surface area contributed by atoms with Crippen LogP contribution in [0, 0.1) is 5.92 Å². The van der Waals surface area contributed by atoms with Gasteiger partial charge in [0.25, 0.3) is 0 Å². The van der Waals surface area contributed by atoms with Crippen LogP contribution in [0.2, 0.25) is 0 Å². The van der Waals surface area contributed by atoms with Crippen molar-refractivity contribution >= 4 is 26.8 Å². The molecule has 3 aromatic rings. The van der Waals surface area contributed by atoms with Gasteiger partial charge in [0.05, 0.1) is 0 Å². The van der Waals surface area contributed by atoms with Crippen molar-refractivity contribution in [3.63, 3.8) is 0 Å². The molecule has 0 unspecified atom stereocenters. The van der Waals surface area contributed by atoms with Gasteiger partial charge >= 0.3 is 0 Å². The topological polar surface area (TPSA) is 59.5 Å². The number of ether oxygens (including phenoxy) is 2. The van der Waals surface area contributed by atoms with Gasteiger partial charge in [0.2, 0.25) is 0 Å². The third-order valence-corrected chi connectivity index (χ3v) is 6.38. The van der Waals surface area contributed by atoms with Gasteiger partial charge in [-0.25, -0.2) is 9.97 Å². The first-order valence-electron chi connectivity index (χ1n) is 9.90. The molecule has 1 saturated heterocycles. The maximum Gasteiger partial charge on any atom is 0.185 e. The molecule has 7 heteroatoms. The number of hydrogen-bond donors (Lipinski definition) is 1. The van der Waals surface area contributed by atoms with E-state index >= 15 is 0 Å². The number of nitrogens with zero attached hydrogens (tertiary/aromatic N) is 3. The molecule has 0 aliphatic carbocycles. The molecular weight excluding hydrogens is 372 g/mol. The van der Waals surface area contributed by atoms with Gasteiger partial charge in [-0.1, -0.05) is 23.5 Å². The highest BCUT2D eigenvalue weighted by atomic mass is 32.1. The Kier molecular flexibility index (Phi) is 5.01. The van der Waals surface area contributed by atoms with Gasteiger partial charge in [0.15, 0.2) is 16.6 Å². The second-order valence-corrected chi connectivity index (χ2v) is 8.45. The van der Waals surface area contributed by atoms with E-state index in [0.717, 1.165) is 53.2 Å². The minimum atomic E-state index is 0.111. The van der Waals surface area contributed by atoms with Crippen LogP contribution in [0.3, 0.4) is 0 Å². The van der Waals surface area contributed by atoms with E-state index in [1.807, 2.05) is 42.6 Å². The maximum absolute atomic E-state index is 6.10. The molecule has 2 aromatic heterocycles. The summed E-state index contributed by atoms with van der Waals surface area (Å²) in [5.41, 5.74) is 0.973. The lowest BCUT2D eigenvalue weighted by molar-refractivity contribution is 0.0485. The van der Waals surface area contributed by atoms with Crippen LogP contribution in [0.5, 0.6) is 11.5 Å². The Morgan fingerprint density at radius 1 is 1.11 bits per heavy atom. The Morgan fingerprint density at radius 3 is 2.82 bits per heavy atom. The van der Waals surface area contributed by atoms with Gasteiger partial charge in [0.1, 0.15) is 23.1 Å². The Balaban J connectivity index is 1.08. The van der Waals surface area contributed by atoms with Gasteiger partial charge in [-0.2, -0.15) is 0 Å². The molecule has 1 aromatic carbocycles. The van der Waals surface area contributed by atoms with Crippen molar-refractivity contribution in [2.75, 3.05) is 38.1 Å². The van der Waals surface area contributed by atoms with Gasteiger partial charge in [-0.05, 0) is 56.1 Å². The molecule has 0 spiro atoms. The van der Waals surface area contributed by atoms with Crippen molar-refractivity contribution < 1.29 is 9.47 Å². The van der Waals surface area contributed by atoms with Crippen LogP contribution in [-0.4, -0.2) is 53.8 Å². The summed E-state index contributed by atoms with van der Waals surface area (Å²) in [6.45, 7) is 4.75. The molecule has 5 rings (SSSR count). The zero-order chi connectivity index (χ0) is 18.8. The summed E-state index contributed by atoms with van der Waals surface area (Å²) in [5, 5.41) is 4.49. The smallest absolute Gasteiger partial charge is 0.185 e. The number of anilines is 1. The van der Waals surface area contributed by atoms with Gasteiger partial charge in [-0.15, -0.1) is 0 Å². The predicted molar refractivity (Wildman–Crippen MR) is 111 cm³/mol. The molecule has 0 bridgehead atoms. The van der Waals surface area contributed by atoms with Crippen LogP contribution < -0.4 is 14.8 Å². The highest BCUT2D eigenvalue weighted by Crippen LogP contribution is 2.31. The second-order valence-electron chi connectivity index (χ2n) is 7.47. The van der Waals surface area contributed by atoms with E-state index < -0.39 is 0 Å². The largest absolute Gasteiger partial charge is 0.486 e. The fraction of sp³-hybridized carbons (Fsp3) is 0.429. The summed E-state index contributed by atoms with van der Waals surface area (Å²) in [5.74, 6) is 2.40. The molecule has 146 valence electrons. The van der Waals surface area contributed by atoms with E-state index in [1.54, 1.807) is 11.3 Å². The number of piperidine rings is 1. The number of likely N-dealkylation sites (tertiary alicyclic amines) is 1. The third kappa shape index (κ3) is 3.91. The molecule has 4 heterocycles. The number of benzene rings is 1. The SMILES string of the molecule is c1ccc2c(c1)OC[C@H](CN1CCC(CNc3nc4cccnc4s3)CC1)O2. The first kappa shape index (κ1) is 17.7. The lowest BCUT2D eigenvalue weighted by Gasteiger charge is -2.35. The summed E-state index contributed by atoms with van der Waals surface area (Å²) in [7, 11) is 0. The van der Waals surface area contributed by atoms with Crippen LogP contribution >= 0.6 is 11.3 Å². The van der Waals surface area contributed by atoms with Crippen LogP contribution in [0.15, 0.2) is 42.6 Å². The third-order valence-electron chi connectivity index (χ3n) is 5.44. The van der Waals surface area contributed by atoms with Crippen LogP contribution in [0.1, 0.15) is 12.8 Å². The van der Waals surface area contributed by atoms with Crippen molar-refractivity contribution in [3.8, 4) is 11.5 Å². The quantitative estimate of drug-likeness (QED) is 0.710. The lowest BCUT2D eigenvalue weighted by atomic mass is 9.96. The zero-order valence-electron chi connectivity index (χ0n) is 15.7. The monoisotopic (exact) mass is 396 g/mol. The number of pyridine rings is 1. The molecule has 1 atom stereocenters. The van der Waals surface area contributed by atoms with Crippen LogP contribution in [-0.2, 0) is 0 Å². The Bertz CT molecular complexity index is 906. The van der Waals surface area contributed by atoms with Crippen molar-refractivity contribution in [1.82, 2.24) is 14.9 Å². The standard InChI is InChI=1S/C21H24N4O2S/c1-2-6-19-18(5-1)26-14-16(27-19)13-25-10-7-15(8-11-25)12-23-21-24-17-4-3-9-22-20(17)28-21/h1-6,9,15-16H,7-8,10-14H2,(H,23,24)/t16-/m0/s1. The number of hydrogen-bond acceptors (Lipinski definition) is 7.